The number of ether oxygens (including phenoxy) is 2. The Labute approximate surface area is 155 Å². The smallest absolute Gasteiger partial charge is 0.420 e. The molecular formula is C19H28N4O3. The zero-order valence-electron chi connectivity index (χ0n) is 15.9. The number of hydrogen-bond donors (Lipinski definition) is 2. The number of dihydropyridines is 1. The normalized spacial score (nSPS) is 13.8. The van der Waals surface area contributed by atoms with Gasteiger partial charge in [0, 0.05) is 26.4 Å². The van der Waals surface area contributed by atoms with Crippen molar-refractivity contribution in [2.45, 2.75) is 32.9 Å². The standard InChI is InChI=1S/C19H28N4O3/c1-19(2,3)26-18(24)23(16-6-5-9-20-14-16)17-8-7-15(13-22-17)12-21-10-11-25-4/h5-9,13,20-21H,10-12,14H2,1-4H3. The summed E-state index contributed by atoms with van der Waals surface area (Å²) in [5.74, 6) is 0.531. The minimum atomic E-state index is -0.584. The summed E-state index contributed by atoms with van der Waals surface area (Å²) in [6.07, 6.45) is 6.88. The Kier molecular flexibility index (Phi) is 7.17. The molecule has 2 heterocycles. The molecule has 1 aliphatic rings. The molecule has 0 radical (unpaired) electrons. The number of methoxy groups -OCH3 is 1. The van der Waals surface area contributed by atoms with Gasteiger partial charge in [-0.1, -0.05) is 6.07 Å². The summed E-state index contributed by atoms with van der Waals surface area (Å²) in [4.78, 5) is 18.7. The third kappa shape index (κ3) is 6.16. The number of hydrogen-bond acceptors (Lipinski definition) is 6. The van der Waals surface area contributed by atoms with Gasteiger partial charge in [0.25, 0.3) is 0 Å². The van der Waals surface area contributed by atoms with Crippen molar-refractivity contribution < 1.29 is 14.3 Å². The number of rotatable bonds is 7. The quantitative estimate of drug-likeness (QED) is 0.728. The highest BCUT2D eigenvalue weighted by Crippen LogP contribution is 2.22. The fraction of sp³-hybridized carbons (Fsp3) is 0.474. The van der Waals surface area contributed by atoms with Gasteiger partial charge in [0.05, 0.1) is 18.8 Å². The van der Waals surface area contributed by atoms with Gasteiger partial charge in [-0.25, -0.2) is 14.7 Å². The Hall–Kier alpha value is -2.38. The average Bonchev–Trinajstić information content (AvgIpc) is 2.60. The molecule has 26 heavy (non-hydrogen) atoms. The van der Waals surface area contributed by atoms with Crippen LogP contribution in [0.25, 0.3) is 0 Å². The van der Waals surface area contributed by atoms with E-state index in [2.05, 4.69) is 15.6 Å². The van der Waals surface area contributed by atoms with Crippen molar-refractivity contribution in [2.75, 3.05) is 31.7 Å². The fourth-order valence-electron chi connectivity index (χ4n) is 2.33. The first-order chi connectivity index (χ1) is 12.4. The van der Waals surface area contributed by atoms with E-state index in [1.165, 1.54) is 4.90 Å². The number of carbonyl (C=O) groups is 1. The number of nitrogens with one attached hydrogen (secondary N) is 2. The van der Waals surface area contributed by atoms with Crippen LogP contribution in [0.1, 0.15) is 26.3 Å². The Bertz CT molecular complexity index is 648. The van der Waals surface area contributed by atoms with Crippen LogP contribution in [0.3, 0.4) is 0 Å². The van der Waals surface area contributed by atoms with E-state index in [1.807, 2.05) is 51.3 Å². The van der Waals surface area contributed by atoms with Crippen LogP contribution in [0.2, 0.25) is 0 Å². The molecule has 1 aliphatic heterocycles. The summed E-state index contributed by atoms with van der Waals surface area (Å²) in [7, 11) is 1.67. The van der Waals surface area contributed by atoms with E-state index in [0.29, 0.717) is 25.5 Å². The second-order valence-corrected chi connectivity index (χ2v) is 6.91. The van der Waals surface area contributed by atoms with Crippen molar-refractivity contribution >= 4 is 11.9 Å². The Morgan fingerprint density at radius 1 is 1.38 bits per heavy atom. The van der Waals surface area contributed by atoms with E-state index in [-0.39, 0.29) is 0 Å². The van der Waals surface area contributed by atoms with E-state index in [0.717, 1.165) is 17.8 Å². The number of anilines is 1. The number of aromatic nitrogens is 1. The van der Waals surface area contributed by atoms with Crippen molar-refractivity contribution in [3.8, 4) is 0 Å². The fourth-order valence-corrected chi connectivity index (χ4v) is 2.33. The predicted molar refractivity (Wildman–Crippen MR) is 102 cm³/mol. The molecule has 7 nitrogen and oxygen atoms in total. The van der Waals surface area contributed by atoms with E-state index in [1.54, 1.807) is 13.3 Å². The molecule has 142 valence electrons. The topological polar surface area (TPSA) is 75.7 Å². The first-order valence-corrected chi connectivity index (χ1v) is 8.67. The van der Waals surface area contributed by atoms with Gasteiger partial charge in [-0.2, -0.15) is 0 Å². The maximum Gasteiger partial charge on any atom is 0.420 e. The van der Waals surface area contributed by atoms with Crippen molar-refractivity contribution in [3.05, 3.63) is 47.9 Å². The second-order valence-electron chi connectivity index (χ2n) is 6.91. The van der Waals surface area contributed by atoms with Crippen molar-refractivity contribution in [1.82, 2.24) is 15.6 Å². The van der Waals surface area contributed by atoms with Gasteiger partial charge < -0.3 is 20.1 Å². The van der Waals surface area contributed by atoms with Crippen LogP contribution in [0.5, 0.6) is 0 Å². The molecule has 0 saturated heterocycles. The highest BCUT2D eigenvalue weighted by Gasteiger charge is 2.27. The van der Waals surface area contributed by atoms with Gasteiger partial charge in [0.15, 0.2) is 0 Å². The molecule has 7 heteroatoms. The molecule has 0 aromatic carbocycles. The molecule has 1 amide bonds. The molecular weight excluding hydrogens is 332 g/mol. The Balaban J connectivity index is 2.15. The minimum Gasteiger partial charge on any atom is -0.443 e. The van der Waals surface area contributed by atoms with Crippen LogP contribution in [0.15, 0.2) is 42.4 Å². The van der Waals surface area contributed by atoms with Crippen LogP contribution in [0.4, 0.5) is 10.6 Å². The zero-order chi connectivity index (χ0) is 19.0. The lowest BCUT2D eigenvalue weighted by Crippen LogP contribution is -2.39. The van der Waals surface area contributed by atoms with Gasteiger partial charge in [0.2, 0.25) is 0 Å². The summed E-state index contributed by atoms with van der Waals surface area (Å²) in [6, 6.07) is 3.78. The molecule has 0 fully saturated rings. The second kappa shape index (κ2) is 9.35. The summed E-state index contributed by atoms with van der Waals surface area (Å²) >= 11 is 0. The number of amides is 1. The van der Waals surface area contributed by atoms with Gasteiger partial charge in [-0.15, -0.1) is 0 Å². The maximum absolute atomic E-state index is 12.7. The molecule has 1 aromatic heterocycles. The van der Waals surface area contributed by atoms with Crippen LogP contribution in [-0.2, 0) is 16.0 Å². The first kappa shape index (κ1) is 19.9. The van der Waals surface area contributed by atoms with Crippen molar-refractivity contribution in [1.29, 1.82) is 0 Å². The third-order valence-corrected chi connectivity index (χ3v) is 3.50. The number of nitrogens with zero attached hydrogens (tertiary/aromatic N) is 2. The van der Waals surface area contributed by atoms with Crippen LogP contribution >= 0.6 is 0 Å². The molecule has 0 spiro atoms. The lowest BCUT2D eigenvalue weighted by Gasteiger charge is -2.29. The number of carbonyl (C=O) groups excluding carboxylic acids is 1. The zero-order valence-corrected chi connectivity index (χ0v) is 15.9. The summed E-state index contributed by atoms with van der Waals surface area (Å²) in [6.45, 7) is 8.18. The lowest BCUT2D eigenvalue weighted by atomic mass is 10.2. The molecule has 1 aromatic rings. The van der Waals surface area contributed by atoms with Crippen LogP contribution in [0, 0.1) is 0 Å². The SMILES string of the molecule is COCCNCc1ccc(N(C(=O)OC(C)(C)C)C2=CC=CNC2)nc1. The summed E-state index contributed by atoms with van der Waals surface area (Å²) < 4.78 is 10.6. The highest BCUT2D eigenvalue weighted by atomic mass is 16.6. The highest BCUT2D eigenvalue weighted by molar-refractivity contribution is 5.90. The number of allylic oxidation sites excluding steroid dienone is 2. The first-order valence-electron chi connectivity index (χ1n) is 8.67. The van der Waals surface area contributed by atoms with Crippen LogP contribution in [-0.4, -0.2) is 43.5 Å². The van der Waals surface area contributed by atoms with Crippen LogP contribution < -0.4 is 15.5 Å². The van der Waals surface area contributed by atoms with Gasteiger partial charge in [-0.3, -0.25) is 0 Å². The maximum atomic E-state index is 12.7. The Morgan fingerprint density at radius 3 is 2.77 bits per heavy atom. The lowest BCUT2D eigenvalue weighted by molar-refractivity contribution is 0.0590. The molecule has 0 unspecified atom stereocenters. The Morgan fingerprint density at radius 2 is 2.19 bits per heavy atom. The largest absolute Gasteiger partial charge is 0.443 e. The van der Waals surface area contributed by atoms with E-state index < -0.39 is 11.7 Å². The van der Waals surface area contributed by atoms with Crippen molar-refractivity contribution in [3.63, 3.8) is 0 Å². The molecule has 0 bridgehead atoms. The average molecular weight is 360 g/mol. The molecule has 0 aliphatic carbocycles. The monoisotopic (exact) mass is 360 g/mol. The van der Waals surface area contributed by atoms with Gasteiger partial charge in [-0.05, 0) is 50.8 Å². The molecule has 2 rings (SSSR count). The van der Waals surface area contributed by atoms with Gasteiger partial charge in [0.1, 0.15) is 11.4 Å². The van der Waals surface area contributed by atoms with E-state index in [9.17, 15) is 4.79 Å². The molecule has 0 atom stereocenters. The molecule has 0 saturated carbocycles. The summed E-state index contributed by atoms with van der Waals surface area (Å²) in [5, 5.41) is 6.37. The van der Waals surface area contributed by atoms with Gasteiger partial charge >= 0.3 is 6.09 Å². The summed E-state index contributed by atoms with van der Waals surface area (Å²) in [5.41, 5.74) is 1.23. The third-order valence-electron chi connectivity index (χ3n) is 3.50. The minimum absolute atomic E-state index is 0.445. The number of pyridine rings is 1. The molecule has 2 N–H and O–H groups in total. The van der Waals surface area contributed by atoms with E-state index >= 15 is 0 Å². The van der Waals surface area contributed by atoms with E-state index in [4.69, 9.17) is 9.47 Å². The van der Waals surface area contributed by atoms with Crippen molar-refractivity contribution in [2.24, 2.45) is 0 Å². The predicted octanol–water partition coefficient (Wildman–Crippen LogP) is 2.56.